The first-order chi connectivity index (χ1) is 10.8. The second-order valence-electron chi connectivity index (χ2n) is 5.95. The molecule has 0 unspecified atom stereocenters. The van der Waals surface area contributed by atoms with Crippen LogP contribution < -0.4 is 4.74 Å². The van der Waals surface area contributed by atoms with Gasteiger partial charge in [-0.25, -0.2) is 0 Å². The van der Waals surface area contributed by atoms with Gasteiger partial charge in [0.1, 0.15) is 23.0 Å². The molecule has 0 amide bonds. The molecule has 0 heterocycles. The van der Waals surface area contributed by atoms with Gasteiger partial charge in [0, 0.05) is 11.1 Å². The molecule has 0 spiro atoms. The van der Waals surface area contributed by atoms with Crippen LogP contribution in [0.2, 0.25) is 0 Å². The average molecular weight is 310 g/mol. The number of rotatable bonds is 6. The Kier molecular flexibility index (Phi) is 5.12. The van der Waals surface area contributed by atoms with Gasteiger partial charge in [-0.15, -0.1) is 0 Å². The lowest BCUT2D eigenvalue weighted by atomic mass is 10.1. The van der Waals surface area contributed by atoms with Crippen molar-refractivity contribution >= 4 is 0 Å². The number of phenols is 2. The van der Waals surface area contributed by atoms with Crippen molar-refractivity contribution in [1.82, 2.24) is 0 Å². The van der Waals surface area contributed by atoms with Gasteiger partial charge in [0.05, 0.1) is 0 Å². The van der Waals surface area contributed by atoms with Gasteiger partial charge < -0.3 is 14.9 Å². The maximum absolute atomic E-state index is 9.89. The smallest absolute Gasteiger partial charge is 0.127 e. The van der Waals surface area contributed by atoms with Crippen molar-refractivity contribution < 1.29 is 14.9 Å². The van der Waals surface area contributed by atoms with E-state index in [9.17, 15) is 10.2 Å². The summed E-state index contributed by atoms with van der Waals surface area (Å²) < 4.78 is 5.85. The molecule has 120 valence electrons. The summed E-state index contributed by atoms with van der Waals surface area (Å²) in [7, 11) is 0. The van der Waals surface area contributed by atoms with Crippen LogP contribution >= 0.6 is 0 Å². The first-order valence-electron chi connectivity index (χ1n) is 7.45. The van der Waals surface area contributed by atoms with Crippen molar-refractivity contribution in [3.63, 3.8) is 0 Å². The SMILES string of the molecule is C=C(C)Cc1cc(Oc2ccc(O)c(CC(=C)C)c2)ccc1O. The Bertz CT molecular complexity index is 681. The molecule has 3 heteroatoms. The van der Waals surface area contributed by atoms with E-state index in [0.29, 0.717) is 24.3 Å². The summed E-state index contributed by atoms with van der Waals surface area (Å²) in [6.45, 7) is 11.6. The van der Waals surface area contributed by atoms with E-state index in [2.05, 4.69) is 13.2 Å². The lowest BCUT2D eigenvalue weighted by Crippen LogP contribution is -1.92. The molecule has 2 aromatic rings. The van der Waals surface area contributed by atoms with Gasteiger partial charge in [0.2, 0.25) is 0 Å². The Balaban J connectivity index is 2.25. The summed E-state index contributed by atoms with van der Waals surface area (Å²) in [5, 5.41) is 19.8. The van der Waals surface area contributed by atoms with Gasteiger partial charge in [-0.3, -0.25) is 0 Å². The van der Waals surface area contributed by atoms with Gasteiger partial charge >= 0.3 is 0 Å². The van der Waals surface area contributed by atoms with Crippen LogP contribution in [0.4, 0.5) is 0 Å². The zero-order valence-electron chi connectivity index (χ0n) is 13.6. The molecule has 3 nitrogen and oxygen atoms in total. The molecule has 0 aromatic heterocycles. The number of hydrogen-bond acceptors (Lipinski definition) is 3. The van der Waals surface area contributed by atoms with Gasteiger partial charge in [0.25, 0.3) is 0 Å². The first-order valence-corrected chi connectivity index (χ1v) is 7.45. The normalized spacial score (nSPS) is 10.3. The third kappa shape index (κ3) is 4.65. The molecule has 0 fully saturated rings. The van der Waals surface area contributed by atoms with E-state index in [1.54, 1.807) is 36.4 Å². The van der Waals surface area contributed by atoms with E-state index in [4.69, 9.17) is 4.74 Å². The molecule has 0 aliphatic heterocycles. The summed E-state index contributed by atoms with van der Waals surface area (Å²) >= 11 is 0. The van der Waals surface area contributed by atoms with Crippen LogP contribution in [0.25, 0.3) is 0 Å². The van der Waals surface area contributed by atoms with Crippen LogP contribution in [0.5, 0.6) is 23.0 Å². The maximum atomic E-state index is 9.89. The van der Waals surface area contributed by atoms with Crippen molar-refractivity contribution in [2.75, 3.05) is 0 Å². The summed E-state index contributed by atoms with van der Waals surface area (Å²) in [5.41, 5.74) is 3.48. The van der Waals surface area contributed by atoms with E-state index in [0.717, 1.165) is 22.3 Å². The Morgan fingerprint density at radius 3 is 1.57 bits per heavy atom. The fourth-order valence-electron chi connectivity index (χ4n) is 2.32. The predicted molar refractivity (Wildman–Crippen MR) is 93.3 cm³/mol. The summed E-state index contributed by atoms with van der Waals surface area (Å²) in [6.07, 6.45) is 1.19. The lowest BCUT2D eigenvalue weighted by molar-refractivity contribution is 0.453. The molecule has 2 N–H and O–H groups in total. The highest BCUT2D eigenvalue weighted by molar-refractivity contribution is 5.45. The highest BCUT2D eigenvalue weighted by Crippen LogP contribution is 2.31. The molecule has 0 aliphatic rings. The average Bonchev–Trinajstić information content (AvgIpc) is 2.45. The summed E-state index contributed by atoms with van der Waals surface area (Å²) in [5.74, 6) is 1.72. The maximum Gasteiger partial charge on any atom is 0.127 e. The fourth-order valence-corrected chi connectivity index (χ4v) is 2.32. The molecular weight excluding hydrogens is 288 g/mol. The van der Waals surface area contributed by atoms with Crippen LogP contribution in [0.15, 0.2) is 60.7 Å². The quantitative estimate of drug-likeness (QED) is 0.727. The van der Waals surface area contributed by atoms with Crippen molar-refractivity contribution in [3.8, 4) is 23.0 Å². The number of hydrogen-bond donors (Lipinski definition) is 2. The van der Waals surface area contributed by atoms with Crippen molar-refractivity contribution in [3.05, 3.63) is 71.8 Å². The monoisotopic (exact) mass is 310 g/mol. The van der Waals surface area contributed by atoms with Gasteiger partial charge in [-0.1, -0.05) is 24.3 Å². The van der Waals surface area contributed by atoms with Crippen molar-refractivity contribution in [1.29, 1.82) is 0 Å². The number of allylic oxidation sites excluding steroid dienone is 2. The predicted octanol–water partition coefficient (Wildman–Crippen LogP) is 5.13. The zero-order chi connectivity index (χ0) is 17.0. The van der Waals surface area contributed by atoms with E-state index < -0.39 is 0 Å². The molecule has 0 bridgehead atoms. The Hall–Kier alpha value is -2.68. The van der Waals surface area contributed by atoms with Gasteiger partial charge in [0.15, 0.2) is 0 Å². The molecule has 2 rings (SSSR count). The number of phenolic OH excluding ortho intramolecular Hbond substituents is 2. The molecule has 0 aliphatic carbocycles. The molecular formula is C20H22O3. The largest absolute Gasteiger partial charge is 0.508 e. The molecule has 0 saturated heterocycles. The third-order valence-corrected chi connectivity index (χ3v) is 3.32. The zero-order valence-corrected chi connectivity index (χ0v) is 13.6. The number of ether oxygens (including phenoxy) is 1. The van der Waals surface area contributed by atoms with Crippen LogP contribution in [0, 0.1) is 0 Å². The van der Waals surface area contributed by atoms with Gasteiger partial charge in [-0.2, -0.15) is 0 Å². The molecule has 0 atom stereocenters. The third-order valence-electron chi connectivity index (χ3n) is 3.32. The minimum Gasteiger partial charge on any atom is -0.508 e. The highest BCUT2D eigenvalue weighted by atomic mass is 16.5. The Morgan fingerprint density at radius 2 is 1.22 bits per heavy atom. The minimum atomic E-state index is 0.231. The number of aromatic hydroxyl groups is 2. The van der Waals surface area contributed by atoms with Crippen molar-refractivity contribution in [2.45, 2.75) is 26.7 Å². The highest BCUT2D eigenvalue weighted by Gasteiger charge is 2.08. The first kappa shape index (κ1) is 16.7. The molecule has 0 radical (unpaired) electrons. The molecule has 23 heavy (non-hydrogen) atoms. The Labute approximate surface area is 137 Å². The van der Waals surface area contributed by atoms with E-state index in [1.165, 1.54) is 0 Å². The van der Waals surface area contributed by atoms with Gasteiger partial charge in [-0.05, 0) is 63.1 Å². The fraction of sp³-hybridized carbons (Fsp3) is 0.200. The standard InChI is InChI=1S/C20H22O3/c1-13(2)9-15-11-17(5-7-19(15)21)23-18-6-8-20(22)16(12-18)10-14(3)4/h5-8,11-12,21-22H,1,3,9-10H2,2,4H3. The van der Waals surface area contributed by atoms with E-state index in [-0.39, 0.29) is 11.5 Å². The van der Waals surface area contributed by atoms with E-state index in [1.807, 2.05) is 13.8 Å². The van der Waals surface area contributed by atoms with Crippen molar-refractivity contribution in [2.24, 2.45) is 0 Å². The summed E-state index contributed by atoms with van der Waals surface area (Å²) in [4.78, 5) is 0. The molecule has 0 saturated carbocycles. The van der Waals surface area contributed by atoms with Crippen LogP contribution in [-0.4, -0.2) is 10.2 Å². The van der Waals surface area contributed by atoms with E-state index >= 15 is 0 Å². The minimum absolute atomic E-state index is 0.231. The Morgan fingerprint density at radius 1 is 0.826 bits per heavy atom. The topological polar surface area (TPSA) is 49.7 Å². The second kappa shape index (κ2) is 7.05. The lowest BCUT2D eigenvalue weighted by Gasteiger charge is -2.11. The number of benzene rings is 2. The second-order valence-corrected chi connectivity index (χ2v) is 5.95. The summed E-state index contributed by atoms with van der Waals surface area (Å²) in [6, 6.07) is 10.3. The molecule has 2 aromatic carbocycles. The van der Waals surface area contributed by atoms with Crippen LogP contribution in [-0.2, 0) is 12.8 Å². The van der Waals surface area contributed by atoms with Crippen LogP contribution in [0.1, 0.15) is 25.0 Å². The van der Waals surface area contributed by atoms with Crippen LogP contribution in [0.3, 0.4) is 0 Å².